The molecule has 0 amide bonds. The van der Waals surface area contributed by atoms with Crippen molar-refractivity contribution in [2.45, 2.75) is 25.7 Å². The van der Waals surface area contributed by atoms with Crippen LogP contribution >= 0.6 is 0 Å². The van der Waals surface area contributed by atoms with Crippen LogP contribution in [0.2, 0.25) is 0 Å². The molecule has 0 saturated carbocycles. The monoisotopic (exact) mass is 156 g/mol. The molecule has 0 radical (unpaired) electrons. The lowest BCUT2D eigenvalue weighted by molar-refractivity contribution is -0.107. The molecule has 0 atom stereocenters. The Morgan fingerprint density at radius 1 is 1.27 bits per heavy atom. The van der Waals surface area contributed by atoms with Crippen molar-refractivity contribution in [3.8, 4) is 0 Å². The van der Waals surface area contributed by atoms with E-state index in [0.717, 1.165) is 32.2 Å². The summed E-state index contributed by atoms with van der Waals surface area (Å²) < 4.78 is 5.16. The summed E-state index contributed by atoms with van der Waals surface area (Å²) in [5, 5.41) is 0. The van der Waals surface area contributed by atoms with Crippen molar-refractivity contribution in [3.05, 3.63) is 12.7 Å². The largest absolute Gasteiger partial charge is 0.377 e. The van der Waals surface area contributed by atoms with Gasteiger partial charge in [0.2, 0.25) is 0 Å². The van der Waals surface area contributed by atoms with E-state index in [2.05, 4.69) is 6.58 Å². The molecule has 0 spiro atoms. The predicted molar refractivity (Wildman–Crippen MR) is 45.5 cm³/mol. The first-order valence-corrected chi connectivity index (χ1v) is 4.04. The minimum absolute atomic E-state index is 0.633. The summed E-state index contributed by atoms with van der Waals surface area (Å²) in [4.78, 5) is 9.90. The van der Waals surface area contributed by atoms with Crippen LogP contribution in [0.5, 0.6) is 0 Å². The molecule has 2 heteroatoms. The van der Waals surface area contributed by atoms with Crippen LogP contribution in [0.3, 0.4) is 0 Å². The van der Waals surface area contributed by atoms with E-state index in [9.17, 15) is 4.79 Å². The van der Waals surface area contributed by atoms with E-state index < -0.39 is 0 Å². The van der Waals surface area contributed by atoms with E-state index in [4.69, 9.17) is 4.74 Å². The number of rotatable bonds is 8. The molecule has 0 N–H and O–H groups in total. The maximum Gasteiger partial charge on any atom is 0.119 e. The molecule has 0 aromatic heterocycles. The van der Waals surface area contributed by atoms with Crippen molar-refractivity contribution in [1.29, 1.82) is 0 Å². The van der Waals surface area contributed by atoms with Gasteiger partial charge in [-0.2, -0.15) is 0 Å². The molecule has 0 aromatic rings. The molecule has 0 aliphatic carbocycles. The Morgan fingerprint density at radius 3 is 2.73 bits per heavy atom. The van der Waals surface area contributed by atoms with E-state index in [1.54, 1.807) is 6.08 Å². The van der Waals surface area contributed by atoms with Gasteiger partial charge in [0.25, 0.3) is 0 Å². The molecular weight excluding hydrogens is 140 g/mol. The number of ether oxygens (including phenoxy) is 1. The zero-order valence-corrected chi connectivity index (χ0v) is 6.92. The average Bonchev–Trinajstić information content (AvgIpc) is 2.03. The molecule has 0 unspecified atom stereocenters. The summed E-state index contributed by atoms with van der Waals surface area (Å²) in [6.45, 7) is 4.95. The summed E-state index contributed by atoms with van der Waals surface area (Å²) in [5.74, 6) is 0. The molecule has 0 aromatic carbocycles. The third-order valence-corrected chi connectivity index (χ3v) is 1.35. The molecule has 11 heavy (non-hydrogen) atoms. The number of carbonyl (C=O) groups excluding carboxylic acids is 1. The van der Waals surface area contributed by atoms with Gasteiger partial charge in [0.05, 0.1) is 6.61 Å². The molecule has 2 nitrogen and oxygen atoms in total. The summed E-state index contributed by atoms with van der Waals surface area (Å²) >= 11 is 0. The molecule has 0 bridgehead atoms. The topological polar surface area (TPSA) is 26.3 Å². The standard InChI is InChI=1S/C9H16O2/c1-2-8-11-9-6-4-3-5-7-10/h2,7H,1,3-6,8-9H2. The van der Waals surface area contributed by atoms with Gasteiger partial charge in [-0.05, 0) is 12.8 Å². The van der Waals surface area contributed by atoms with Crippen molar-refractivity contribution in [2.75, 3.05) is 13.2 Å². The first-order valence-electron chi connectivity index (χ1n) is 4.04. The minimum atomic E-state index is 0.633. The highest BCUT2D eigenvalue weighted by atomic mass is 16.5. The van der Waals surface area contributed by atoms with Gasteiger partial charge in [0, 0.05) is 13.0 Å². The SMILES string of the molecule is C=CCOCCCCCC=O. The fraction of sp³-hybridized carbons (Fsp3) is 0.667. The second-order valence-corrected chi connectivity index (χ2v) is 2.38. The quantitative estimate of drug-likeness (QED) is 0.305. The van der Waals surface area contributed by atoms with Gasteiger partial charge in [0.15, 0.2) is 0 Å². The predicted octanol–water partition coefficient (Wildman–Crippen LogP) is 1.95. The van der Waals surface area contributed by atoms with Crippen LogP contribution in [0.25, 0.3) is 0 Å². The van der Waals surface area contributed by atoms with Gasteiger partial charge in [-0.15, -0.1) is 6.58 Å². The second kappa shape index (κ2) is 9.37. The van der Waals surface area contributed by atoms with Gasteiger partial charge < -0.3 is 9.53 Å². The normalized spacial score (nSPS) is 9.45. The van der Waals surface area contributed by atoms with Crippen molar-refractivity contribution in [3.63, 3.8) is 0 Å². The number of aldehydes is 1. The Bertz CT molecular complexity index is 87.7. The molecule has 0 aliphatic rings. The average molecular weight is 156 g/mol. The Labute approximate surface area is 68.2 Å². The van der Waals surface area contributed by atoms with Crippen LogP contribution in [-0.2, 0) is 9.53 Å². The fourth-order valence-electron chi connectivity index (χ4n) is 0.775. The van der Waals surface area contributed by atoms with Crippen LogP contribution in [-0.4, -0.2) is 19.5 Å². The van der Waals surface area contributed by atoms with Crippen LogP contribution in [0, 0.1) is 0 Å². The second-order valence-electron chi connectivity index (χ2n) is 2.38. The van der Waals surface area contributed by atoms with E-state index >= 15 is 0 Å². The molecule has 0 rings (SSSR count). The van der Waals surface area contributed by atoms with Crippen LogP contribution < -0.4 is 0 Å². The molecule has 64 valence electrons. The molecule has 0 saturated heterocycles. The highest BCUT2D eigenvalue weighted by molar-refractivity contribution is 5.48. The van der Waals surface area contributed by atoms with E-state index in [-0.39, 0.29) is 0 Å². The Kier molecular flexibility index (Phi) is 8.83. The Balaban J connectivity index is 2.79. The smallest absolute Gasteiger partial charge is 0.119 e. The molecular formula is C9H16O2. The maximum atomic E-state index is 9.90. The number of carbonyl (C=O) groups is 1. The third-order valence-electron chi connectivity index (χ3n) is 1.35. The van der Waals surface area contributed by atoms with Crippen molar-refractivity contribution in [1.82, 2.24) is 0 Å². The summed E-state index contributed by atoms with van der Waals surface area (Å²) in [6.07, 6.45) is 6.50. The Hall–Kier alpha value is -0.630. The summed E-state index contributed by atoms with van der Waals surface area (Å²) in [7, 11) is 0. The Morgan fingerprint density at radius 2 is 2.09 bits per heavy atom. The molecule has 0 aliphatic heterocycles. The van der Waals surface area contributed by atoms with E-state index in [1.165, 1.54) is 0 Å². The van der Waals surface area contributed by atoms with Crippen LogP contribution in [0.4, 0.5) is 0 Å². The van der Waals surface area contributed by atoms with Crippen LogP contribution in [0.1, 0.15) is 25.7 Å². The zero-order chi connectivity index (χ0) is 8.36. The maximum absolute atomic E-state index is 9.90. The van der Waals surface area contributed by atoms with Crippen molar-refractivity contribution < 1.29 is 9.53 Å². The van der Waals surface area contributed by atoms with Crippen LogP contribution in [0.15, 0.2) is 12.7 Å². The highest BCUT2D eigenvalue weighted by Crippen LogP contribution is 1.97. The number of hydrogen-bond acceptors (Lipinski definition) is 2. The van der Waals surface area contributed by atoms with Crippen molar-refractivity contribution >= 4 is 6.29 Å². The highest BCUT2D eigenvalue weighted by Gasteiger charge is 1.87. The van der Waals surface area contributed by atoms with Gasteiger partial charge in [-0.25, -0.2) is 0 Å². The lowest BCUT2D eigenvalue weighted by atomic mass is 10.2. The van der Waals surface area contributed by atoms with E-state index in [1.807, 2.05) is 0 Å². The van der Waals surface area contributed by atoms with Gasteiger partial charge >= 0.3 is 0 Å². The lowest BCUT2D eigenvalue weighted by Gasteiger charge is -1.98. The van der Waals surface area contributed by atoms with Crippen molar-refractivity contribution in [2.24, 2.45) is 0 Å². The van der Waals surface area contributed by atoms with Gasteiger partial charge in [-0.3, -0.25) is 0 Å². The number of hydrogen-bond donors (Lipinski definition) is 0. The minimum Gasteiger partial charge on any atom is -0.377 e. The first kappa shape index (κ1) is 10.4. The molecule has 0 heterocycles. The summed E-state index contributed by atoms with van der Waals surface area (Å²) in [5.41, 5.74) is 0. The summed E-state index contributed by atoms with van der Waals surface area (Å²) in [6, 6.07) is 0. The number of unbranched alkanes of at least 4 members (excludes halogenated alkanes) is 3. The fourth-order valence-corrected chi connectivity index (χ4v) is 0.775. The zero-order valence-electron chi connectivity index (χ0n) is 6.92. The molecule has 0 fully saturated rings. The van der Waals surface area contributed by atoms with E-state index in [0.29, 0.717) is 13.0 Å². The third kappa shape index (κ3) is 9.37. The van der Waals surface area contributed by atoms with Gasteiger partial charge in [0.1, 0.15) is 6.29 Å². The first-order chi connectivity index (χ1) is 5.41. The van der Waals surface area contributed by atoms with Gasteiger partial charge in [-0.1, -0.05) is 12.5 Å². The lowest BCUT2D eigenvalue weighted by Crippen LogP contribution is -1.93.